The molecular formula is C9H16N4. The third-order valence-electron chi connectivity index (χ3n) is 2.63. The first-order valence-electron chi connectivity index (χ1n) is 4.93. The molecule has 0 saturated carbocycles. The molecule has 1 aliphatic heterocycles. The predicted molar refractivity (Wildman–Crippen MR) is 50.6 cm³/mol. The molecule has 2 rings (SSSR count). The zero-order valence-electron chi connectivity index (χ0n) is 8.25. The maximum Gasteiger partial charge on any atom is 0.150 e. The van der Waals surface area contributed by atoms with Crippen LogP contribution in [0.1, 0.15) is 25.0 Å². The van der Waals surface area contributed by atoms with Crippen molar-refractivity contribution in [2.24, 2.45) is 0 Å². The van der Waals surface area contributed by atoms with Gasteiger partial charge in [-0.25, -0.2) is 9.67 Å². The lowest BCUT2D eigenvalue weighted by atomic mass is 10.1. The molecule has 0 amide bonds. The summed E-state index contributed by atoms with van der Waals surface area (Å²) in [4.78, 5) is 4.46. The number of rotatable bonds is 2. The van der Waals surface area contributed by atoms with Crippen molar-refractivity contribution in [3.05, 3.63) is 11.6 Å². The van der Waals surface area contributed by atoms with Crippen LogP contribution in [-0.4, -0.2) is 27.9 Å². The lowest BCUT2D eigenvalue weighted by Gasteiger charge is -2.21. The summed E-state index contributed by atoms with van der Waals surface area (Å²) in [5.74, 6) is 2.13. The van der Waals surface area contributed by atoms with Crippen LogP contribution >= 0.6 is 0 Å². The molecule has 0 fully saturated rings. The van der Waals surface area contributed by atoms with Crippen molar-refractivity contribution in [1.29, 1.82) is 0 Å². The van der Waals surface area contributed by atoms with Crippen LogP contribution in [0.5, 0.6) is 0 Å². The Kier molecular flexibility index (Phi) is 2.31. The summed E-state index contributed by atoms with van der Waals surface area (Å²) in [6.45, 7) is 3.07. The smallest absolute Gasteiger partial charge is 0.150 e. The van der Waals surface area contributed by atoms with Crippen molar-refractivity contribution in [1.82, 2.24) is 20.1 Å². The highest BCUT2D eigenvalue weighted by Crippen LogP contribution is 2.12. The molecule has 1 unspecified atom stereocenters. The zero-order valence-corrected chi connectivity index (χ0v) is 8.25. The lowest BCUT2D eigenvalue weighted by molar-refractivity contribution is 0.377. The SMILES string of the molecule is CCc1nc2n(n1)CC(NC)CC2. The van der Waals surface area contributed by atoms with Gasteiger partial charge in [0.2, 0.25) is 0 Å². The molecule has 1 aromatic rings. The molecule has 0 aliphatic carbocycles. The van der Waals surface area contributed by atoms with Gasteiger partial charge < -0.3 is 5.32 Å². The monoisotopic (exact) mass is 180 g/mol. The van der Waals surface area contributed by atoms with E-state index in [1.54, 1.807) is 0 Å². The third-order valence-corrected chi connectivity index (χ3v) is 2.63. The number of aromatic nitrogens is 3. The van der Waals surface area contributed by atoms with Crippen LogP contribution in [0.15, 0.2) is 0 Å². The molecule has 0 spiro atoms. The van der Waals surface area contributed by atoms with Gasteiger partial charge in [0.25, 0.3) is 0 Å². The Morgan fingerprint density at radius 1 is 1.62 bits per heavy atom. The number of nitrogens with zero attached hydrogens (tertiary/aromatic N) is 3. The second kappa shape index (κ2) is 3.46. The molecule has 0 aromatic carbocycles. The van der Waals surface area contributed by atoms with Gasteiger partial charge >= 0.3 is 0 Å². The standard InChI is InChI=1S/C9H16N4/c1-3-8-11-9-5-4-7(10-2)6-13(9)12-8/h7,10H,3-6H2,1-2H3. The van der Waals surface area contributed by atoms with Gasteiger partial charge in [0.05, 0.1) is 6.54 Å². The highest BCUT2D eigenvalue weighted by molar-refractivity contribution is 4.97. The number of fused-ring (bicyclic) bond motifs is 1. The number of likely N-dealkylation sites (N-methyl/N-ethyl adjacent to an activating group) is 1. The molecule has 13 heavy (non-hydrogen) atoms. The van der Waals surface area contributed by atoms with Crippen molar-refractivity contribution < 1.29 is 0 Å². The summed E-state index contributed by atoms with van der Waals surface area (Å²) in [6.07, 6.45) is 3.17. The molecule has 1 aromatic heterocycles. The van der Waals surface area contributed by atoms with E-state index in [1.165, 1.54) is 6.42 Å². The lowest BCUT2D eigenvalue weighted by Crippen LogP contribution is -2.35. The van der Waals surface area contributed by atoms with Gasteiger partial charge in [-0.15, -0.1) is 0 Å². The van der Waals surface area contributed by atoms with Gasteiger partial charge in [0.15, 0.2) is 5.82 Å². The fourth-order valence-electron chi connectivity index (χ4n) is 1.75. The second-order valence-electron chi connectivity index (χ2n) is 3.50. The molecule has 0 radical (unpaired) electrons. The van der Waals surface area contributed by atoms with E-state index in [2.05, 4.69) is 22.3 Å². The third kappa shape index (κ3) is 1.58. The molecule has 1 N–H and O–H groups in total. The van der Waals surface area contributed by atoms with E-state index >= 15 is 0 Å². The Morgan fingerprint density at radius 2 is 2.46 bits per heavy atom. The van der Waals surface area contributed by atoms with Crippen molar-refractivity contribution in [3.8, 4) is 0 Å². The number of hydrogen-bond acceptors (Lipinski definition) is 3. The Morgan fingerprint density at radius 3 is 3.15 bits per heavy atom. The van der Waals surface area contributed by atoms with Crippen molar-refractivity contribution in [2.75, 3.05) is 7.05 Å². The normalized spacial score (nSPS) is 21.5. The van der Waals surface area contributed by atoms with Crippen LogP contribution in [0.25, 0.3) is 0 Å². The molecule has 4 nitrogen and oxygen atoms in total. The van der Waals surface area contributed by atoms with Gasteiger partial charge in [-0.3, -0.25) is 0 Å². The zero-order chi connectivity index (χ0) is 9.26. The first-order valence-corrected chi connectivity index (χ1v) is 4.93. The molecule has 1 atom stereocenters. The number of aryl methyl sites for hydroxylation is 2. The maximum absolute atomic E-state index is 4.46. The van der Waals surface area contributed by atoms with Gasteiger partial charge in [-0.1, -0.05) is 6.92 Å². The summed E-state index contributed by atoms with van der Waals surface area (Å²) in [5, 5.41) is 7.72. The Hall–Kier alpha value is -0.900. The summed E-state index contributed by atoms with van der Waals surface area (Å²) < 4.78 is 2.05. The summed E-state index contributed by atoms with van der Waals surface area (Å²) in [6, 6.07) is 0.568. The van der Waals surface area contributed by atoms with Gasteiger partial charge in [0.1, 0.15) is 5.82 Å². The van der Waals surface area contributed by atoms with Crippen molar-refractivity contribution >= 4 is 0 Å². The average molecular weight is 180 g/mol. The first-order chi connectivity index (χ1) is 6.33. The van der Waals surface area contributed by atoms with Gasteiger partial charge in [-0.2, -0.15) is 5.10 Å². The summed E-state index contributed by atoms with van der Waals surface area (Å²) in [5.41, 5.74) is 0. The van der Waals surface area contributed by atoms with E-state index in [1.807, 2.05) is 11.7 Å². The average Bonchev–Trinajstić information content (AvgIpc) is 2.58. The number of hydrogen-bond donors (Lipinski definition) is 1. The van der Waals surface area contributed by atoms with Gasteiger partial charge in [0, 0.05) is 18.9 Å². The Balaban J connectivity index is 2.19. The molecular weight excluding hydrogens is 164 g/mol. The fraction of sp³-hybridized carbons (Fsp3) is 0.778. The van der Waals surface area contributed by atoms with E-state index in [0.717, 1.165) is 31.0 Å². The van der Waals surface area contributed by atoms with E-state index < -0.39 is 0 Å². The minimum atomic E-state index is 0.568. The maximum atomic E-state index is 4.46. The van der Waals surface area contributed by atoms with E-state index in [-0.39, 0.29) is 0 Å². The highest BCUT2D eigenvalue weighted by atomic mass is 15.4. The fourth-order valence-corrected chi connectivity index (χ4v) is 1.75. The second-order valence-corrected chi connectivity index (χ2v) is 3.50. The van der Waals surface area contributed by atoms with E-state index in [0.29, 0.717) is 6.04 Å². The summed E-state index contributed by atoms with van der Waals surface area (Å²) >= 11 is 0. The van der Waals surface area contributed by atoms with Crippen LogP contribution in [0, 0.1) is 0 Å². The van der Waals surface area contributed by atoms with Crippen LogP contribution in [-0.2, 0) is 19.4 Å². The summed E-state index contributed by atoms with van der Waals surface area (Å²) in [7, 11) is 2.01. The number of nitrogens with one attached hydrogen (secondary N) is 1. The largest absolute Gasteiger partial charge is 0.315 e. The highest BCUT2D eigenvalue weighted by Gasteiger charge is 2.19. The van der Waals surface area contributed by atoms with Gasteiger partial charge in [-0.05, 0) is 13.5 Å². The van der Waals surface area contributed by atoms with E-state index in [4.69, 9.17) is 0 Å². The predicted octanol–water partition coefficient (Wildman–Crippen LogP) is 0.375. The van der Waals surface area contributed by atoms with Crippen molar-refractivity contribution in [2.45, 2.75) is 38.8 Å². The Bertz CT molecular complexity index is 292. The van der Waals surface area contributed by atoms with Crippen LogP contribution in [0.2, 0.25) is 0 Å². The minimum absolute atomic E-state index is 0.568. The molecule has 1 aliphatic rings. The molecule has 0 bridgehead atoms. The first kappa shape index (κ1) is 8.69. The molecule has 4 heteroatoms. The molecule has 72 valence electrons. The van der Waals surface area contributed by atoms with Crippen LogP contribution < -0.4 is 5.32 Å². The van der Waals surface area contributed by atoms with Crippen molar-refractivity contribution in [3.63, 3.8) is 0 Å². The quantitative estimate of drug-likeness (QED) is 0.715. The minimum Gasteiger partial charge on any atom is -0.315 e. The molecule has 2 heterocycles. The molecule has 0 saturated heterocycles. The van der Waals surface area contributed by atoms with E-state index in [9.17, 15) is 0 Å². The van der Waals surface area contributed by atoms with Crippen LogP contribution in [0.4, 0.5) is 0 Å². The Labute approximate surface area is 78.4 Å². The topological polar surface area (TPSA) is 42.7 Å². The van der Waals surface area contributed by atoms with Crippen LogP contribution in [0.3, 0.4) is 0 Å².